The molecule has 3 aromatic carbocycles. The van der Waals surface area contributed by atoms with E-state index in [4.69, 9.17) is 9.52 Å². The van der Waals surface area contributed by atoms with E-state index in [1.807, 2.05) is 105 Å². The molecule has 0 saturated carbocycles. The summed E-state index contributed by atoms with van der Waals surface area (Å²) in [6.45, 7) is 9.17. The van der Waals surface area contributed by atoms with Crippen molar-refractivity contribution in [2.75, 3.05) is 0 Å². The Kier molecular flexibility index (Phi) is 8.71. The molecule has 1 aromatic heterocycles. The van der Waals surface area contributed by atoms with Gasteiger partial charge >= 0.3 is 6.18 Å². The minimum absolute atomic E-state index is 0.202. The number of halogens is 3. The summed E-state index contributed by atoms with van der Waals surface area (Å²) in [4.78, 5) is 4.43. The zero-order valence-electron chi connectivity index (χ0n) is 23.8. The normalized spacial score (nSPS) is 14.3. The first-order chi connectivity index (χ1) is 19.0. The molecule has 0 bridgehead atoms. The number of nitrogens with zero attached hydrogens (tertiary/aromatic N) is 3. The summed E-state index contributed by atoms with van der Waals surface area (Å²) < 4.78 is 53.6. The molecule has 0 aliphatic carbocycles. The molecule has 0 aliphatic heterocycles. The summed E-state index contributed by atoms with van der Waals surface area (Å²) >= 11 is 0. The Bertz CT molecular complexity index is 1250. The highest BCUT2D eigenvalue weighted by atomic mass is 28.4. The summed E-state index contributed by atoms with van der Waals surface area (Å²) in [6, 6.07) is 29.2. The van der Waals surface area contributed by atoms with Crippen LogP contribution in [0.4, 0.5) is 13.2 Å². The van der Waals surface area contributed by atoms with E-state index in [2.05, 4.69) is 4.98 Å². The van der Waals surface area contributed by atoms with Crippen molar-refractivity contribution in [3.63, 3.8) is 0 Å². The van der Waals surface area contributed by atoms with Gasteiger partial charge in [0.25, 0.3) is 0 Å². The Labute approximate surface area is 236 Å². The van der Waals surface area contributed by atoms with Crippen LogP contribution in [0.5, 0.6) is 0 Å². The number of alkyl halides is 3. The molecule has 0 amide bonds. The highest BCUT2D eigenvalue weighted by molar-refractivity contribution is 6.69. The van der Waals surface area contributed by atoms with Gasteiger partial charge in [-0.15, -0.1) is 0 Å². The maximum absolute atomic E-state index is 15.3. The standard InChI is InChI=1S/C32H38F3N3OSi/c1-6-25(7-2)23-30(32(33,34)35,39-40(3,4)5)29-36-24-38(37-29)31(26-17-11-8-12-18-26,27-19-13-9-14-20-27)28-21-15-10-16-22-28/h8-22,24-25H,6-7,23H2,1-5H3. The second kappa shape index (κ2) is 11.7. The maximum atomic E-state index is 15.3. The summed E-state index contributed by atoms with van der Waals surface area (Å²) in [5.41, 5.74) is -1.12. The zero-order valence-corrected chi connectivity index (χ0v) is 24.8. The van der Waals surface area contributed by atoms with E-state index in [0.717, 1.165) is 16.7 Å². The van der Waals surface area contributed by atoms with E-state index < -0.39 is 25.6 Å². The summed E-state index contributed by atoms with van der Waals surface area (Å²) in [5, 5.41) is 4.74. The van der Waals surface area contributed by atoms with E-state index in [1.54, 1.807) is 24.3 Å². The monoisotopic (exact) mass is 565 g/mol. The number of benzene rings is 3. The minimum atomic E-state index is -4.71. The number of hydrogen-bond donors (Lipinski definition) is 0. The predicted molar refractivity (Wildman–Crippen MR) is 155 cm³/mol. The van der Waals surface area contributed by atoms with Crippen LogP contribution in [0.15, 0.2) is 97.3 Å². The third-order valence-electron chi connectivity index (χ3n) is 7.44. The van der Waals surface area contributed by atoms with Gasteiger partial charge in [-0.2, -0.15) is 18.3 Å². The molecule has 1 heterocycles. The lowest BCUT2D eigenvalue weighted by Gasteiger charge is -2.40. The van der Waals surface area contributed by atoms with Crippen molar-refractivity contribution in [1.82, 2.24) is 14.8 Å². The predicted octanol–water partition coefficient (Wildman–Crippen LogP) is 8.55. The molecule has 0 N–H and O–H groups in total. The van der Waals surface area contributed by atoms with E-state index in [-0.39, 0.29) is 18.2 Å². The molecule has 40 heavy (non-hydrogen) atoms. The Morgan fingerprint density at radius 1 is 0.750 bits per heavy atom. The molecule has 0 aliphatic rings. The molecular formula is C32H38F3N3OSi. The van der Waals surface area contributed by atoms with E-state index in [9.17, 15) is 0 Å². The van der Waals surface area contributed by atoms with Crippen molar-refractivity contribution in [2.24, 2.45) is 5.92 Å². The van der Waals surface area contributed by atoms with Crippen molar-refractivity contribution >= 4 is 8.32 Å². The highest BCUT2D eigenvalue weighted by Gasteiger charge is 2.62. The van der Waals surface area contributed by atoms with Crippen LogP contribution >= 0.6 is 0 Å². The number of rotatable bonds is 11. The zero-order chi connectivity index (χ0) is 29.0. The van der Waals surface area contributed by atoms with Crippen LogP contribution in [-0.4, -0.2) is 29.3 Å². The van der Waals surface area contributed by atoms with E-state index in [1.165, 1.54) is 6.33 Å². The lowest BCUT2D eigenvalue weighted by atomic mass is 9.77. The number of aromatic nitrogens is 3. The molecule has 4 aromatic rings. The molecule has 0 spiro atoms. The van der Waals surface area contributed by atoms with Gasteiger partial charge in [0.15, 0.2) is 14.1 Å². The minimum Gasteiger partial charge on any atom is -0.398 e. The fourth-order valence-electron chi connectivity index (χ4n) is 5.53. The molecule has 8 heteroatoms. The van der Waals surface area contributed by atoms with E-state index >= 15 is 13.2 Å². The Balaban J connectivity index is 2.05. The fourth-order valence-corrected chi connectivity index (χ4v) is 6.87. The van der Waals surface area contributed by atoms with Crippen LogP contribution in [0.3, 0.4) is 0 Å². The summed E-state index contributed by atoms with van der Waals surface area (Å²) in [5.74, 6) is -0.548. The van der Waals surface area contributed by atoms with Gasteiger partial charge in [-0.25, -0.2) is 9.67 Å². The van der Waals surface area contributed by atoms with Gasteiger partial charge in [-0.05, 0) is 48.7 Å². The lowest BCUT2D eigenvalue weighted by molar-refractivity contribution is -0.268. The molecule has 0 fully saturated rings. The third kappa shape index (κ3) is 5.65. The average Bonchev–Trinajstić information content (AvgIpc) is 3.43. The Morgan fingerprint density at radius 2 is 1.18 bits per heavy atom. The largest absolute Gasteiger partial charge is 0.423 e. The van der Waals surface area contributed by atoms with Crippen LogP contribution < -0.4 is 0 Å². The second-order valence-corrected chi connectivity index (χ2v) is 15.7. The van der Waals surface area contributed by atoms with Gasteiger partial charge in [-0.3, -0.25) is 0 Å². The molecule has 4 rings (SSSR count). The summed E-state index contributed by atoms with van der Waals surface area (Å²) in [6.07, 6.45) is -2.30. The van der Waals surface area contributed by atoms with Crippen molar-refractivity contribution in [3.05, 3.63) is 120 Å². The Hall–Kier alpha value is -3.23. The first-order valence-electron chi connectivity index (χ1n) is 13.8. The Morgan fingerprint density at radius 3 is 1.52 bits per heavy atom. The molecule has 212 valence electrons. The van der Waals surface area contributed by atoms with Crippen LogP contribution in [0.25, 0.3) is 0 Å². The SMILES string of the molecule is CCC(CC)CC(O[Si](C)(C)C)(c1ncn(C(c2ccccc2)(c2ccccc2)c2ccccc2)n1)C(F)(F)F. The summed E-state index contributed by atoms with van der Waals surface area (Å²) in [7, 11) is -2.72. The average molecular weight is 566 g/mol. The molecule has 0 radical (unpaired) electrons. The first-order valence-corrected chi connectivity index (χ1v) is 17.2. The van der Waals surface area contributed by atoms with Crippen LogP contribution in [0, 0.1) is 5.92 Å². The quantitative estimate of drug-likeness (QED) is 0.135. The van der Waals surface area contributed by atoms with Crippen molar-refractivity contribution in [3.8, 4) is 0 Å². The third-order valence-corrected chi connectivity index (χ3v) is 8.40. The maximum Gasteiger partial charge on any atom is 0.423 e. The highest BCUT2D eigenvalue weighted by Crippen LogP contribution is 2.49. The van der Waals surface area contributed by atoms with Gasteiger partial charge in [0.05, 0.1) is 0 Å². The van der Waals surface area contributed by atoms with Crippen molar-refractivity contribution < 1.29 is 17.6 Å². The van der Waals surface area contributed by atoms with Gasteiger partial charge in [0.2, 0.25) is 5.60 Å². The van der Waals surface area contributed by atoms with Crippen LogP contribution in [0.1, 0.15) is 55.6 Å². The lowest BCUT2D eigenvalue weighted by Crippen LogP contribution is -2.52. The molecule has 0 saturated heterocycles. The molecular weight excluding hydrogens is 527 g/mol. The fraction of sp³-hybridized carbons (Fsp3) is 0.375. The van der Waals surface area contributed by atoms with Gasteiger partial charge in [0.1, 0.15) is 11.9 Å². The van der Waals surface area contributed by atoms with Crippen LogP contribution in [0.2, 0.25) is 19.6 Å². The number of hydrogen-bond acceptors (Lipinski definition) is 3. The van der Waals surface area contributed by atoms with Crippen molar-refractivity contribution in [2.45, 2.75) is 70.1 Å². The van der Waals surface area contributed by atoms with Gasteiger partial charge < -0.3 is 4.43 Å². The second-order valence-electron chi connectivity index (χ2n) is 11.2. The molecule has 4 nitrogen and oxygen atoms in total. The smallest absolute Gasteiger partial charge is 0.398 e. The molecule has 1 atom stereocenters. The van der Waals surface area contributed by atoms with Gasteiger partial charge in [-0.1, -0.05) is 118 Å². The van der Waals surface area contributed by atoms with Crippen LogP contribution in [-0.2, 0) is 15.6 Å². The van der Waals surface area contributed by atoms with E-state index in [0.29, 0.717) is 12.8 Å². The van der Waals surface area contributed by atoms with Crippen molar-refractivity contribution in [1.29, 1.82) is 0 Å². The topological polar surface area (TPSA) is 39.9 Å². The first kappa shape index (κ1) is 29.7. The van der Waals surface area contributed by atoms with Gasteiger partial charge in [0, 0.05) is 0 Å². The molecule has 1 unspecified atom stereocenters.